The summed E-state index contributed by atoms with van der Waals surface area (Å²) in [6, 6.07) is 24.7. The summed E-state index contributed by atoms with van der Waals surface area (Å²) in [6.45, 7) is 2.12. The van der Waals surface area contributed by atoms with Gasteiger partial charge in [-0.2, -0.15) is 5.10 Å². The molecule has 2 aliphatic carbocycles. The van der Waals surface area contributed by atoms with E-state index in [9.17, 15) is 14.7 Å². The molecule has 37 heavy (non-hydrogen) atoms. The number of nitrogens with one attached hydrogen (secondary N) is 1. The van der Waals surface area contributed by atoms with Crippen molar-refractivity contribution in [3.05, 3.63) is 90.1 Å². The third kappa shape index (κ3) is 4.03. The summed E-state index contributed by atoms with van der Waals surface area (Å²) in [5.41, 5.74) is 4.50. The van der Waals surface area contributed by atoms with Crippen LogP contribution in [0.15, 0.2) is 79.0 Å². The van der Waals surface area contributed by atoms with Gasteiger partial charge in [-0.15, -0.1) is 0 Å². The first-order valence-electron chi connectivity index (χ1n) is 12.9. The summed E-state index contributed by atoms with van der Waals surface area (Å²) < 4.78 is 1.96. The van der Waals surface area contributed by atoms with Crippen LogP contribution in [0.2, 0.25) is 0 Å². The second-order valence-corrected chi connectivity index (χ2v) is 11.3. The van der Waals surface area contributed by atoms with Crippen LogP contribution < -0.4 is 5.32 Å². The number of carbonyl (C=O) groups is 2. The van der Waals surface area contributed by atoms with Gasteiger partial charge in [0.05, 0.1) is 28.6 Å². The molecule has 186 valence electrons. The molecule has 0 radical (unpaired) electrons. The Morgan fingerprint density at radius 1 is 0.973 bits per heavy atom. The van der Waals surface area contributed by atoms with Crippen molar-refractivity contribution < 1.29 is 14.7 Å². The fourth-order valence-corrected chi connectivity index (χ4v) is 6.35. The maximum absolute atomic E-state index is 13.4. The zero-order valence-corrected chi connectivity index (χ0v) is 21.1. The Kier molecular flexibility index (Phi) is 5.48. The van der Waals surface area contributed by atoms with Crippen LogP contribution in [-0.2, 0) is 10.2 Å². The van der Waals surface area contributed by atoms with Crippen LogP contribution in [0.25, 0.3) is 22.0 Å². The number of fused-ring (bicyclic) bond motifs is 1. The van der Waals surface area contributed by atoms with Crippen molar-refractivity contribution in [1.29, 1.82) is 0 Å². The summed E-state index contributed by atoms with van der Waals surface area (Å²) in [5, 5.41) is 18.0. The van der Waals surface area contributed by atoms with Gasteiger partial charge >= 0.3 is 5.97 Å². The molecule has 6 nitrogen and oxygen atoms in total. The first kappa shape index (κ1) is 23.5. The fraction of sp³-hybridized carbons (Fsp3) is 0.300. The number of carboxylic acids is 1. The van der Waals surface area contributed by atoms with Crippen molar-refractivity contribution in [2.75, 3.05) is 0 Å². The number of carbonyl (C=O) groups excluding carboxylic acids is 1. The molecule has 1 amide bonds. The monoisotopic (exact) mass is 491 g/mol. The number of carboxylic acid groups (broad SMARTS) is 1. The summed E-state index contributed by atoms with van der Waals surface area (Å²) >= 11 is 0. The molecule has 0 aliphatic heterocycles. The van der Waals surface area contributed by atoms with Gasteiger partial charge in [0.1, 0.15) is 7.85 Å². The number of aromatic nitrogens is 2. The van der Waals surface area contributed by atoms with E-state index in [0.717, 1.165) is 47.7 Å². The first-order chi connectivity index (χ1) is 17.8. The smallest absolute Gasteiger partial charge is 0.306 e. The van der Waals surface area contributed by atoms with Crippen molar-refractivity contribution in [2.24, 2.45) is 11.3 Å². The summed E-state index contributed by atoms with van der Waals surface area (Å²) in [6.07, 6.45) is 5.00. The van der Waals surface area contributed by atoms with Crippen molar-refractivity contribution in [1.82, 2.24) is 15.1 Å². The van der Waals surface area contributed by atoms with E-state index >= 15 is 0 Å². The molecule has 1 heterocycles. The minimum absolute atomic E-state index is 0.0902. The van der Waals surface area contributed by atoms with Gasteiger partial charge in [0.2, 0.25) is 0 Å². The average molecular weight is 491 g/mol. The minimum Gasteiger partial charge on any atom is -0.481 e. The highest BCUT2D eigenvalue weighted by Gasteiger charge is 2.55. The molecular formula is C30H30BN3O3. The van der Waals surface area contributed by atoms with Crippen LogP contribution in [0.5, 0.6) is 0 Å². The van der Waals surface area contributed by atoms with Crippen LogP contribution in [0, 0.1) is 11.3 Å². The number of para-hydroxylation sites is 1. The van der Waals surface area contributed by atoms with Gasteiger partial charge in [0.15, 0.2) is 0 Å². The lowest BCUT2D eigenvalue weighted by Gasteiger charge is -2.56. The maximum Gasteiger partial charge on any atom is 0.306 e. The quantitative estimate of drug-likeness (QED) is 0.391. The number of hydrogen-bond acceptors (Lipinski definition) is 3. The Hall–Kier alpha value is -3.87. The average Bonchev–Trinajstić information content (AvgIpc) is 3.30. The molecule has 1 unspecified atom stereocenters. The summed E-state index contributed by atoms with van der Waals surface area (Å²) in [7, 11) is 2.12. The molecule has 2 fully saturated rings. The molecule has 1 spiro atoms. The van der Waals surface area contributed by atoms with Gasteiger partial charge < -0.3 is 10.4 Å². The molecule has 6 rings (SSSR count). The molecule has 1 aromatic heterocycles. The van der Waals surface area contributed by atoms with Crippen molar-refractivity contribution in [3.63, 3.8) is 0 Å². The zero-order chi connectivity index (χ0) is 25.8. The van der Waals surface area contributed by atoms with E-state index in [1.807, 2.05) is 47.3 Å². The lowest BCUT2D eigenvalue weighted by molar-refractivity contribution is -0.155. The van der Waals surface area contributed by atoms with Crippen molar-refractivity contribution >= 4 is 30.6 Å². The Labute approximate surface area is 217 Å². The second-order valence-electron chi connectivity index (χ2n) is 11.3. The van der Waals surface area contributed by atoms with Gasteiger partial charge in [-0.1, -0.05) is 66.7 Å². The Morgan fingerprint density at radius 2 is 1.65 bits per heavy atom. The molecule has 1 atom stereocenters. The van der Waals surface area contributed by atoms with Crippen LogP contribution in [0.3, 0.4) is 0 Å². The normalized spacial score (nSPS) is 24.1. The minimum atomic E-state index is -0.699. The molecule has 2 aliphatic rings. The zero-order valence-electron chi connectivity index (χ0n) is 21.1. The van der Waals surface area contributed by atoms with Gasteiger partial charge in [0.25, 0.3) is 5.91 Å². The Balaban J connectivity index is 1.24. The molecule has 2 saturated carbocycles. The van der Waals surface area contributed by atoms with Gasteiger partial charge in [-0.25, -0.2) is 0 Å². The maximum atomic E-state index is 13.4. The molecule has 7 heteroatoms. The van der Waals surface area contributed by atoms with Gasteiger partial charge in [-0.05, 0) is 60.8 Å². The van der Waals surface area contributed by atoms with Crippen molar-refractivity contribution in [2.45, 2.75) is 44.1 Å². The van der Waals surface area contributed by atoms with Gasteiger partial charge in [0, 0.05) is 11.4 Å². The highest BCUT2D eigenvalue weighted by atomic mass is 16.4. The standard InChI is InChI=1S/C30H30BN3O3/c1-29(31,23-12-10-20(11-13-23)19-6-3-2-4-7-19)34-26-21(18-32-34)8-5-9-25(26)27(35)33-24-16-30(17-24)14-22(15-30)28(36)37/h2-13,18,22,24H,14-17,31H2,1H3,(H,33,35)(H,36,37). The van der Waals surface area contributed by atoms with Crippen molar-refractivity contribution in [3.8, 4) is 11.1 Å². The number of aliphatic carboxylic acids is 1. The van der Waals surface area contributed by atoms with E-state index in [4.69, 9.17) is 5.10 Å². The number of nitrogens with zero attached hydrogens (tertiary/aromatic N) is 2. The fourth-order valence-electron chi connectivity index (χ4n) is 6.35. The third-order valence-electron chi connectivity index (χ3n) is 8.47. The number of rotatable bonds is 6. The van der Waals surface area contributed by atoms with E-state index in [0.29, 0.717) is 5.56 Å². The molecule has 0 saturated heterocycles. The molecule has 3 aromatic carbocycles. The first-order valence-corrected chi connectivity index (χ1v) is 12.9. The Bertz CT molecular complexity index is 1480. The van der Waals surface area contributed by atoms with E-state index in [2.05, 4.69) is 56.5 Å². The molecule has 4 aromatic rings. The SMILES string of the molecule is BC(C)(c1ccc(-c2ccccc2)cc1)n1ncc2cccc(C(=O)NC3CC4(C3)CC(C(=O)O)C4)c21. The van der Waals surface area contributed by atoms with E-state index < -0.39 is 11.4 Å². The lowest BCUT2D eigenvalue weighted by atomic mass is 9.50. The van der Waals surface area contributed by atoms with Crippen LogP contribution in [-0.4, -0.2) is 40.7 Å². The third-order valence-corrected chi connectivity index (χ3v) is 8.47. The Morgan fingerprint density at radius 3 is 2.32 bits per heavy atom. The predicted molar refractivity (Wildman–Crippen MR) is 146 cm³/mol. The largest absolute Gasteiger partial charge is 0.481 e. The number of amides is 1. The lowest BCUT2D eigenvalue weighted by Crippen LogP contribution is -2.57. The predicted octanol–water partition coefficient (Wildman–Crippen LogP) is 4.43. The number of benzene rings is 3. The van der Waals surface area contributed by atoms with Crippen LogP contribution in [0.4, 0.5) is 0 Å². The van der Waals surface area contributed by atoms with Crippen LogP contribution >= 0.6 is 0 Å². The number of hydrogen-bond donors (Lipinski definition) is 2. The van der Waals surface area contributed by atoms with E-state index in [1.165, 1.54) is 5.56 Å². The summed E-state index contributed by atoms with van der Waals surface area (Å²) in [4.78, 5) is 24.6. The summed E-state index contributed by atoms with van der Waals surface area (Å²) in [5.74, 6) is -1.02. The highest BCUT2D eigenvalue weighted by Crippen LogP contribution is 2.58. The van der Waals surface area contributed by atoms with Crippen LogP contribution in [0.1, 0.15) is 48.5 Å². The molecule has 2 N–H and O–H groups in total. The second kappa shape index (κ2) is 8.61. The molecule has 0 bridgehead atoms. The topological polar surface area (TPSA) is 84.2 Å². The van der Waals surface area contributed by atoms with E-state index in [1.54, 1.807) is 0 Å². The van der Waals surface area contributed by atoms with Gasteiger partial charge in [-0.3, -0.25) is 14.3 Å². The highest BCUT2D eigenvalue weighted by molar-refractivity contribution is 6.16. The molecular weight excluding hydrogens is 461 g/mol. The van der Waals surface area contributed by atoms with E-state index in [-0.39, 0.29) is 23.3 Å².